The Bertz CT molecular complexity index is 459. The zero-order valence-electron chi connectivity index (χ0n) is 20.1. The summed E-state index contributed by atoms with van der Waals surface area (Å²) in [6.45, 7) is 14.3. The standard InChI is InChI=1S/C11H21N2O3.3C4H9.Sn/c1-10(2,3)16-9(14)13-6-5-11(7-12,8-13)15-4;3*1-3-4-2;/h4-8,12H2,1-3H3;3*1,3-4H2,2H3;. The third-order valence-corrected chi connectivity index (χ3v) is 20.5. The molecule has 6 heteroatoms. The molecule has 0 bridgehead atoms. The molecule has 2 N–H and O–H groups in total. The van der Waals surface area contributed by atoms with E-state index in [1.165, 1.54) is 51.8 Å². The van der Waals surface area contributed by atoms with E-state index in [-0.39, 0.29) is 11.7 Å². The molecule has 0 aromatic carbocycles. The van der Waals surface area contributed by atoms with E-state index in [4.69, 9.17) is 15.2 Å². The second kappa shape index (κ2) is 12.7. The number of likely N-dealkylation sites (tertiary alicyclic amines) is 1. The molecule has 1 saturated heterocycles. The van der Waals surface area contributed by atoms with Gasteiger partial charge in [-0.1, -0.05) is 0 Å². The van der Waals surface area contributed by atoms with Crippen LogP contribution in [0.2, 0.25) is 13.3 Å². The van der Waals surface area contributed by atoms with Crippen molar-refractivity contribution in [1.82, 2.24) is 4.90 Å². The van der Waals surface area contributed by atoms with Crippen LogP contribution in [0.4, 0.5) is 4.79 Å². The Morgan fingerprint density at radius 3 is 1.97 bits per heavy atom. The van der Waals surface area contributed by atoms with Gasteiger partial charge in [0.2, 0.25) is 0 Å². The average Bonchev–Trinajstić information content (AvgIpc) is 3.11. The molecule has 0 aromatic rings. The summed E-state index contributed by atoms with van der Waals surface area (Å²) in [5.74, 6) is 0. The topological polar surface area (TPSA) is 64.8 Å². The van der Waals surface area contributed by atoms with Crippen molar-refractivity contribution in [3.8, 4) is 0 Å². The quantitative estimate of drug-likeness (QED) is 0.316. The fourth-order valence-corrected chi connectivity index (χ4v) is 18.8. The van der Waals surface area contributed by atoms with Gasteiger partial charge < -0.3 is 0 Å². The summed E-state index contributed by atoms with van der Waals surface area (Å²) in [7, 11) is 0. The number of carbonyl (C=O) groups excluding carboxylic acids is 1. The first-order valence-electron chi connectivity index (χ1n) is 12.0. The van der Waals surface area contributed by atoms with Crippen LogP contribution in [0, 0.1) is 0 Å². The summed E-state index contributed by atoms with van der Waals surface area (Å²) in [6.07, 6.45) is 8.41. The minimum absolute atomic E-state index is 0.242. The molecule has 1 atom stereocenters. The van der Waals surface area contributed by atoms with Crippen molar-refractivity contribution in [3.05, 3.63) is 0 Å². The van der Waals surface area contributed by atoms with Crippen LogP contribution in [0.5, 0.6) is 0 Å². The van der Waals surface area contributed by atoms with Crippen LogP contribution >= 0.6 is 0 Å². The monoisotopic (exact) mass is 520 g/mol. The van der Waals surface area contributed by atoms with E-state index in [1.807, 2.05) is 20.8 Å². The van der Waals surface area contributed by atoms with Gasteiger partial charge in [0.25, 0.3) is 0 Å². The van der Waals surface area contributed by atoms with Gasteiger partial charge in [-0.2, -0.15) is 0 Å². The number of ether oxygens (including phenoxy) is 2. The van der Waals surface area contributed by atoms with E-state index in [2.05, 4.69) is 20.8 Å². The maximum atomic E-state index is 12.5. The normalized spacial score (nSPS) is 20.3. The molecule has 1 unspecified atom stereocenters. The van der Waals surface area contributed by atoms with E-state index in [9.17, 15) is 4.79 Å². The van der Waals surface area contributed by atoms with Gasteiger partial charge in [-0.15, -0.1) is 0 Å². The predicted octanol–water partition coefficient (Wildman–Crippen LogP) is 5.73. The fraction of sp³-hybridized carbons (Fsp3) is 0.957. The number of nitrogens with zero attached hydrogens (tertiary/aromatic N) is 1. The third kappa shape index (κ3) is 9.34. The van der Waals surface area contributed by atoms with Crippen molar-refractivity contribution in [3.63, 3.8) is 0 Å². The number of hydrogen-bond acceptors (Lipinski definition) is 4. The molecule has 1 heterocycles. The maximum absolute atomic E-state index is 12.5. The Labute approximate surface area is 184 Å². The average molecular weight is 519 g/mol. The molecular formula is C23H48N2O3Sn. The first-order chi connectivity index (χ1) is 13.6. The van der Waals surface area contributed by atoms with Crippen molar-refractivity contribution >= 4 is 24.5 Å². The molecule has 0 aromatic heterocycles. The number of carbonyl (C=O) groups is 1. The number of hydrogen-bond donors (Lipinski definition) is 1. The molecule has 0 saturated carbocycles. The molecule has 1 amide bonds. The molecule has 29 heavy (non-hydrogen) atoms. The zero-order valence-corrected chi connectivity index (χ0v) is 23.0. The van der Waals surface area contributed by atoms with E-state index in [0.29, 0.717) is 19.6 Å². The molecule has 1 fully saturated rings. The van der Waals surface area contributed by atoms with Gasteiger partial charge in [0.1, 0.15) is 0 Å². The number of rotatable bonds is 13. The Balaban J connectivity index is 2.84. The van der Waals surface area contributed by atoms with Crippen LogP contribution in [0.1, 0.15) is 86.5 Å². The summed E-state index contributed by atoms with van der Waals surface area (Å²) >= 11 is -2.37. The van der Waals surface area contributed by atoms with Crippen LogP contribution in [0.15, 0.2) is 0 Å². The van der Waals surface area contributed by atoms with Crippen LogP contribution < -0.4 is 5.73 Å². The molecule has 0 aliphatic carbocycles. The summed E-state index contributed by atoms with van der Waals surface area (Å²) in [5, 5.41) is 0. The molecule has 0 spiro atoms. The van der Waals surface area contributed by atoms with Gasteiger partial charge in [0.15, 0.2) is 0 Å². The molecule has 0 radical (unpaired) electrons. The second-order valence-corrected chi connectivity index (χ2v) is 23.8. The zero-order chi connectivity index (χ0) is 22.0. The Kier molecular flexibility index (Phi) is 11.9. The summed E-state index contributed by atoms with van der Waals surface area (Å²) in [6, 6.07) is 0. The van der Waals surface area contributed by atoms with Crippen molar-refractivity contribution in [2.24, 2.45) is 5.73 Å². The number of unbranched alkanes of at least 4 members (excludes halogenated alkanes) is 3. The molecule has 1 aliphatic rings. The second-order valence-electron chi connectivity index (χ2n) is 10.1. The minimum atomic E-state index is -2.37. The van der Waals surface area contributed by atoms with Gasteiger partial charge in [-0.3, -0.25) is 0 Å². The third-order valence-electron chi connectivity index (χ3n) is 6.21. The van der Waals surface area contributed by atoms with Crippen molar-refractivity contribution in [2.45, 2.75) is 111 Å². The van der Waals surface area contributed by atoms with Gasteiger partial charge in [-0.25, -0.2) is 0 Å². The number of amides is 1. The fourth-order valence-electron chi connectivity index (χ4n) is 4.22. The SMILES string of the molecule is CCC[CH2][Sn]([CH2]CCC)([CH2]CCC)[CH2]OC1(CN)CCN(C(=O)OC(C)(C)C)C1. The summed E-state index contributed by atoms with van der Waals surface area (Å²) in [4.78, 5) is 14.3. The summed E-state index contributed by atoms with van der Waals surface area (Å²) < 4.78 is 17.6. The Morgan fingerprint density at radius 2 is 1.55 bits per heavy atom. The van der Waals surface area contributed by atoms with Crippen LogP contribution in [0.3, 0.4) is 0 Å². The van der Waals surface area contributed by atoms with Crippen molar-refractivity contribution in [2.75, 3.05) is 24.3 Å². The van der Waals surface area contributed by atoms with Crippen molar-refractivity contribution in [1.29, 1.82) is 0 Å². The Morgan fingerprint density at radius 1 is 1.03 bits per heavy atom. The number of nitrogens with two attached hydrogens (primary N) is 1. The van der Waals surface area contributed by atoms with E-state index < -0.39 is 24.0 Å². The Hall–Kier alpha value is -0.0113. The van der Waals surface area contributed by atoms with Gasteiger partial charge >= 0.3 is 185 Å². The first-order valence-corrected chi connectivity index (χ1v) is 20.0. The van der Waals surface area contributed by atoms with Crippen LogP contribution in [-0.2, 0) is 9.47 Å². The van der Waals surface area contributed by atoms with Crippen molar-refractivity contribution < 1.29 is 14.3 Å². The molecular weight excluding hydrogens is 471 g/mol. The van der Waals surface area contributed by atoms with E-state index >= 15 is 0 Å². The molecule has 1 rings (SSSR count). The first kappa shape index (κ1) is 27.0. The van der Waals surface area contributed by atoms with E-state index in [1.54, 1.807) is 4.90 Å². The molecule has 1 aliphatic heterocycles. The molecule has 5 nitrogen and oxygen atoms in total. The summed E-state index contributed by atoms with van der Waals surface area (Å²) in [5.41, 5.74) is 5.35. The van der Waals surface area contributed by atoms with E-state index in [0.717, 1.165) is 11.0 Å². The predicted molar refractivity (Wildman–Crippen MR) is 125 cm³/mol. The van der Waals surface area contributed by atoms with Crippen LogP contribution in [0.25, 0.3) is 0 Å². The van der Waals surface area contributed by atoms with Gasteiger partial charge in [0.05, 0.1) is 0 Å². The van der Waals surface area contributed by atoms with Gasteiger partial charge in [0, 0.05) is 0 Å². The van der Waals surface area contributed by atoms with Gasteiger partial charge in [-0.05, 0) is 0 Å². The van der Waals surface area contributed by atoms with Crippen LogP contribution in [-0.4, -0.2) is 64.8 Å². The molecule has 172 valence electrons.